The molecule has 6 heteroatoms. The molecule has 6 nitrogen and oxygen atoms in total. The topological polar surface area (TPSA) is 69.0 Å². The number of hydrogen-bond donors (Lipinski definition) is 0. The molecule has 0 saturated carbocycles. The van der Waals surface area contributed by atoms with Crippen molar-refractivity contribution < 1.29 is 23.5 Å². The quantitative estimate of drug-likeness (QED) is 0.789. The summed E-state index contributed by atoms with van der Waals surface area (Å²) in [5.74, 6) is -0.666. The molecule has 1 saturated heterocycles. The Morgan fingerprint density at radius 2 is 2.00 bits per heavy atom. The zero-order chi connectivity index (χ0) is 18.8. The third-order valence-electron chi connectivity index (χ3n) is 4.71. The molecule has 0 N–H and O–H groups in total. The van der Waals surface area contributed by atoms with E-state index in [1.807, 2.05) is 20.8 Å². The maximum atomic E-state index is 12.9. The molecule has 1 fully saturated rings. The van der Waals surface area contributed by atoms with E-state index >= 15 is 0 Å². The fourth-order valence-corrected chi connectivity index (χ4v) is 3.15. The zero-order valence-electron chi connectivity index (χ0n) is 15.4. The number of aryl methyl sites for hydroxylation is 2. The third kappa shape index (κ3) is 3.51. The molecule has 1 amide bonds. The Labute approximate surface area is 152 Å². The van der Waals surface area contributed by atoms with Gasteiger partial charge in [0, 0.05) is 6.07 Å². The lowest BCUT2D eigenvalue weighted by atomic mass is 9.98. The van der Waals surface area contributed by atoms with Crippen LogP contribution >= 0.6 is 0 Å². The number of furan rings is 1. The first kappa shape index (κ1) is 18.2. The van der Waals surface area contributed by atoms with E-state index in [2.05, 4.69) is 22.9 Å². The van der Waals surface area contributed by atoms with Crippen LogP contribution in [0.5, 0.6) is 0 Å². The minimum Gasteiger partial charge on any atom is -0.465 e. The number of methoxy groups -OCH3 is 1. The van der Waals surface area contributed by atoms with E-state index in [-0.39, 0.29) is 29.4 Å². The predicted molar refractivity (Wildman–Crippen MR) is 95.2 cm³/mol. The van der Waals surface area contributed by atoms with Gasteiger partial charge in [-0.15, -0.1) is 0 Å². The highest BCUT2D eigenvalue weighted by Crippen LogP contribution is 2.29. The molecule has 1 aliphatic heterocycles. The maximum Gasteiger partial charge on any atom is 0.341 e. The van der Waals surface area contributed by atoms with E-state index in [1.165, 1.54) is 19.4 Å². The molecule has 2 aromatic rings. The van der Waals surface area contributed by atoms with Gasteiger partial charge in [-0.05, 0) is 31.9 Å². The van der Waals surface area contributed by atoms with Gasteiger partial charge in [-0.3, -0.25) is 4.79 Å². The van der Waals surface area contributed by atoms with Crippen LogP contribution in [0.2, 0.25) is 0 Å². The van der Waals surface area contributed by atoms with Crippen molar-refractivity contribution in [1.82, 2.24) is 4.90 Å². The average molecular weight is 357 g/mol. The van der Waals surface area contributed by atoms with E-state index in [9.17, 15) is 9.59 Å². The van der Waals surface area contributed by atoms with E-state index in [0.717, 1.165) is 16.7 Å². The summed E-state index contributed by atoms with van der Waals surface area (Å²) < 4.78 is 15.9. The summed E-state index contributed by atoms with van der Waals surface area (Å²) in [5.41, 5.74) is 3.60. The summed E-state index contributed by atoms with van der Waals surface area (Å²) in [4.78, 5) is 26.2. The number of hydrogen-bond acceptors (Lipinski definition) is 5. The first-order valence-corrected chi connectivity index (χ1v) is 8.57. The number of nitrogens with zero attached hydrogens (tertiary/aromatic N) is 1. The van der Waals surface area contributed by atoms with E-state index in [1.54, 1.807) is 4.90 Å². The Hall–Kier alpha value is -2.60. The molecule has 3 rings (SSSR count). The molecule has 1 aromatic carbocycles. The van der Waals surface area contributed by atoms with Gasteiger partial charge in [0.05, 0.1) is 31.9 Å². The molecule has 2 heterocycles. The predicted octanol–water partition coefficient (Wildman–Crippen LogP) is 3.29. The molecular formula is C20H23NO5. The average Bonchev–Trinajstić information content (AvgIpc) is 3.13. The molecule has 1 aliphatic rings. The van der Waals surface area contributed by atoms with Crippen molar-refractivity contribution in [2.75, 3.05) is 20.3 Å². The van der Waals surface area contributed by atoms with Gasteiger partial charge in [-0.1, -0.05) is 23.8 Å². The van der Waals surface area contributed by atoms with Crippen molar-refractivity contribution in [3.05, 3.63) is 58.5 Å². The second-order valence-electron chi connectivity index (χ2n) is 6.68. The maximum absolute atomic E-state index is 12.9. The van der Waals surface area contributed by atoms with Gasteiger partial charge in [-0.2, -0.15) is 0 Å². The number of rotatable bonds is 3. The van der Waals surface area contributed by atoms with Crippen molar-refractivity contribution in [2.24, 2.45) is 0 Å². The van der Waals surface area contributed by atoms with Crippen molar-refractivity contribution in [3.8, 4) is 0 Å². The van der Waals surface area contributed by atoms with Crippen molar-refractivity contribution in [1.29, 1.82) is 0 Å². The highest BCUT2D eigenvalue weighted by molar-refractivity contribution is 5.96. The first-order chi connectivity index (χ1) is 12.4. The summed E-state index contributed by atoms with van der Waals surface area (Å²) in [6.07, 6.45) is 1.05. The number of carbonyl (C=O) groups excluding carboxylic acids is 2. The van der Waals surface area contributed by atoms with Gasteiger partial charge in [0.2, 0.25) is 0 Å². The highest BCUT2D eigenvalue weighted by Gasteiger charge is 2.33. The Morgan fingerprint density at radius 1 is 1.23 bits per heavy atom. The van der Waals surface area contributed by atoms with Gasteiger partial charge in [-0.25, -0.2) is 4.79 Å². The van der Waals surface area contributed by atoms with Gasteiger partial charge in [0.25, 0.3) is 5.91 Å². The van der Waals surface area contributed by atoms with E-state index in [4.69, 9.17) is 9.15 Å². The number of carbonyl (C=O) groups is 2. The lowest BCUT2D eigenvalue weighted by Gasteiger charge is -2.38. The SMILES string of the molecule is COC(=O)c1coc(C(=O)N2C[C@H](c3cc(C)ccc3C)OC[C@H]2C)c1. The second-order valence-corrected chi connectivity index (χ2v) is 6.68. The number of morpholine rings is 1. The van der Waals surface area contributed by atoms with Crippen LogP contribution in [0.4, 0.5) is 0 Å². The minimum absolute atomic E-state index is 0.0875. The van der Waals surface area contributed by atoms with Gasteiger partial charge in [0.15, 0.2) is 5.76 Å². The molecule has 0 aliphatic carbocycles. The van der Waals surface area contributed by atoms with Crippen LogP contribution in [0.15, 0.2) is 34.9 Å². The van der Waals surface area contributed by atoms with Crippen LogP contribution in [0, 0.1) is 13.8 Å². The normalized spacial score (nSPS) is 20.1. The van der Waals surface area contributed by atoms with Crippen LogP contribution in [0.3, 0.4) is 0 Å². The molecule has 26 heavy (non-hydrogen) atoms. The van der Waals surface area contributed by atoms with Crippen LogP contribution < -0.4 is 0 Å². The molecule has 138 valence electrons. The Balaban J connectivity index is 1.82. The molecule has 1 aromatic heterocycles. The molecule has 0 unspecified atom stereocenters. The lowest BCUT2D eigenvalue weighted by molar-refractivity contribution is -0.0497. The largest absolute Gasteiger partial charge is 0.465 e. The van der Waals surface area contributed by atoms with E-state index < -0.39 is 5.97 Å². The monoisotopic (exact) mass is 357 g/mol. The van der Waals surface area contributed by atoms with Gasteiger partial charge < -0.3 is 18.8 Å². The van der Waals surface area contributed by atoms with Crippen LogP contribution in [-0.4, -0.2) is 43.1 Å². The van der Waals surface area contributed by atoms with Crippen LogP contribution in [-0.2, 0) is 9.47 Å². The number of esters is 1. The molecule has 0 radical (unpaired) electrons. The fourth-order valence-electron chi connectivity index (χ4n) is 3.15. The number of amides is 1. The lowest BCUT2D eigenvalue weighted by Crippen LogP contribution is -2.48. The summed E-state index contributed by atoms with van der Waals surface area (Å²) in [7, 11) is 1.29. The molecule has 2 atom stereocenters. The Kier molecular flexibility index (Phi) is 5.13. The first-order valence-electron chi connectivity index (χ1n) is 8.57. The molecule has 0 spiro atoms. The van der Waals surface area contributed by atoms with Crippen molar-refractivity contribution in [3.63, 3.8) is 0 Å². The molecular weight excluding hydrogens is 334 g/mol. The third-order valence-corrected chi connectivity index (χ3v) is 4.71. The summed E-state index contributed by atoms with van der Waals surface area (Å²) in [5, 5.41) is 0. The summed E-state index contributed by atoms with van der Waals surface area (Å²) >= 11 is 0. The minimum atomic E-state index is -0.531. The zero-order valence-corrected chi connectivity index (χ0v) is 15.4. The Morgan fingerprint density at radius 3 is 2.73 bits per heavy atom. The number of ether oxygens (including phenoxy) is 2. The fraction of sp³-hybridized carbons (Fsp3) is 0.400. The van der Waals surface area contributed by atoms with Crippen LogP contribution in [0.1, 0.15) is 50.6 Å². The van der Waals surface area contributed by atoms with E-state index in [0.29, 0.717) is 13.2 Å². The van der Waals surface area contributed by atoms with Gasteiger partial charge >= 0.3 is 5.97 Å². The summed E-state index contributed by atoms with van der Waals surface area (Å²) in [6, 6.07) is 7.55. The van der Waals surface area contributed by atoms with Crippen molar-refractivity contribution >= 4 is 11.9 Å². The highest BCUT2D eigenvalue weighted by atomic mass is 16.5. The molecule has 0 bridgehead atoms. The smallest absolute Gasteiger partial charge is 0.341 e. The van der Waals surface area contributed by atoms with Crippen molar-refractivity contribution in [2.45, 2.75) is 32.9 Å². The number of benzene rings is 1. The van der Waals surface area contributed by atoms with Crippen LogP contribution in [0.25, 0.3) is 0 Å². The summed E-state index contributed by atoms with van der Waals surface area (Å²) in [6.45, 7) is 6.88. The standard InChI is InChI=1S/C20H23NO5/c1-12-5-6-13(2)16(7-12)18-9-21(14(3)10-25-18)19(22)17-8-15(11-26-17)20(23)24-4/h5-8,11,14,18H,9-10H2,1-4H3/t14-,18-/m1/s1. The Bertz CT molecular complexity index is 825. The van der Waals surface area contributed by atoms with Gasteiger partial charge in [0.1, 0.15) is 12.4 Å². The second kappa shape index (κ2) is 7.33.